The Morgan fingerprint density at radius 2 is 1.72 bits per heavy atom. The Labute approximate surface area is 163 Å². The third kappa shape index (κ3) is 3.51. The SMILES string of the molecule is S=C1N[C@@H](c2ccc(Br)cc2)C2=C(CCCC2)N1Cc1ccccc1. The minimum atomic E-state index is 0.211. The van der Waals surface area contributed by atoms with Crippen molar-refractivity contribution in [3.05, 3.63) is 81.5 Å². The van der Waals surface area contributed by atoms with Crippen LogP contribution in [0.25, 0.3) is 0 Å². The van der Waals surface area contributed by atoms with Crippen LogP contribution in [0.5, 0.6) is 0 Å². The summed E-state index contributed by atoms with van der Waals surface area (Å²) in [5, 5.41) is 4.45. The zero-order valence-corrected chi connectivity index (χ0v) is 16.4. The van der Waals surface area contributed by atoms with Gasteiger partial charge in [-0.3, -0.25) is 0 Å². The van der Waals surface area contributed by atoms with E-state index < -0.39 is 0 Å². The van der Waals surface area contributed by atoms with Crippen LogP contribution in [0.1, 0.15) is 42.9 Å². The highest BCUT2D eigenvalue weighted by Gasteiger charge is 2.32. The van der Waals surface area contributed by atoms with Crippen molar-refractivity contribution in [2.75, 3.05) is 0 Å². The van der Waals surface area contributed by atoms with Gasteiger partial charge in [0.05, 0.1) is 6.04 Å². The van der Waals surface area contributed by atoms with Crippen molar-refractivity contribution in [1.82, 2.24) is 10.2 Å². The first-order chi connectivity index (χ1) is 12.2. The fraction of sp³-hybridized carbons (Fsp3) is 0.286. The topological polar surface area (TPSA) is 15.3 Å². The number of nitrogens with zero attached hydrogens (tertiary/aromatic N) is 1. The maximum atomic E-state index is 5.77. The second-order valence-electron chi connectivity index (χ2n) is 6.68. The largest absolute Gasteiger partial charge is 0.352 e. The summed E-state index contributed by atoms with van der Waals surface area (Å²) in [7, 11) is 0. The Morgan fingerprint density at radius 3 is 2.48 bits per heavy atom. The smallest absolute Gasteiger partial charge is 0.174 e. The van der Waals surface area contributed by atoms with E-state index in [9.17, 15) is 0 Å². The molecule has 2 aromatic rings. The lowest BCUT2D eigenvalue weighted by Gasteiger charge is -2.42. The molecule has 128 valence electrons. The van der Waals surface area contributed by atoms with E-state index >= 15 is 0 Å². The first kappa shape index (κ1) is 16.8. The van der Waals surface area contributed by atoms with Crippen LogP contribution in [-0.4, -0.2) is 10.0 Å². The van der Waals surface area contributed by atoms with Gasteiger partial charge in [0.2, 0.25) is 0 Å². The van der Waals surface area contributed by atoms with Crippen molar-refractivity contribution in [2.24, 2.45) is 0 Å². The predicted molar refractivity (Wildman–Crippen MR) is 110 cm³/mol. The van der Waals surface area contributed by atoms with Crippen LogP contribution in [0, 0.1) is 0 Å². The molecule has 2 aromatic carbocycles. The number of allylic oxidation sites excluding steroid dienone is 1. The number of nitrogens with one attached hydrogen (secondary N) is 1. The first-order valence-electron chi connectivity index (χ1n) is 8.82. The van der Waals surface area contributed by atoms with E-state index in [4.69, 9.17) is 12.2 Å². The third-order valence-corrected chi connectivity index (χ3v) is 5.92. The van der Waals surface area contributed by atoms with Crippen LogP contribution in [0.15, 0.2) is 70.3 Å². The predicted octanol–water partition coefficient (Wildman–Crippen LogP) is 5.71. The minimum absolute atomic E-state index is 0.211. The van der Waals surface area contributed by atoms with Crippen LogP contribution in [0.2, 0.25) is 0 Å². The molecule has 0 bridgehead atoms. The molecule has 2 nitrogen and oxygen atoms in total. The summed E-state index contributed by atoms with van der Waals surface area (Å²) in [6.07, 6.45) is 4.78. The average molecular weight is 413 g/mol. The fourth-order valence-electron chi connectivity index (χ4n) is 3.82. The fourth-order valence-corrected chi connectivity index (χ4v) is 4.37. The highest BCUT2D eigenvalue weighted by molar-refractivity contribution is 9.10. The van der Waals surface area contributed by atoms with Crippen molar-refractivity contribution in [1.29, 1.82) is 0 Å². The molecule has 2 aliphatic rings. The van der Waals surface area contributed by atoms with Crippen LogP contribution in [0.4, 0.5) is 0 Å². The second kappa shape index (κ2) is 7.30. The molecule has 0 radical (unpaired) electrons. The van der Waals surface area contributed by atoms with E-state index in [2.05, 4.69) is 80.7 Å². The van der Waals surface area contributed by atoms with Gasteiger partial charge in [-0.1, -0.05) is 58.4 Å². The Kier molecular flexibility index (Phi) is 4.91. The van der Waals surface area contributed by atoms with E-state index in [1.165, 1.54) is 35.2 Å². The van der Waals surface area contributed by atoms with Gasteiger partial charge in [0.1, 0.15) is 0 Å². The van der Waals surface area contributed by atoms with Gasteiger partial charge < -0.3 is 10.2 Å². The quantitative estimate of drug-likeness (QED) is 0.649. The summed E-state index contributed by atoms with van der Waals surface area (Å²) in [5.74, 6) is 0. The number of benzene rings is 2. The molecule has 0 saturated carbocycles. The summed E-state index contributed by atoms with van der Waals surface area (Å²) in [4.78, 5) is 2.31. The highest BCUT2D eigenvalue weighted by atomic mass is 79.9. The number of hydrogen-bond donors (Lipinski definition) is 1. The molecular formula is C21H21BrN2S. The third-order valence-electron chi connectivity index (χ3n) is 5.05. The monoisotopic (exact) mass is 412 g/mol. The van der Waals surface area contributed by atoms with Crippen LogP contribution in [0.3, 0.4) is 0 Å². The molecule has 4 rings (SSSR count). The molecule has 1 aliphatic heterocycles. The maximum absolute atomic E-state index is 5.77. The van der Waals surface area contributed by atoms with E-state index in [0.717, 1.165) is 29.0 Å². The Balaban J connectivity index is 1.70. The van der Waals surface area contributed by atoms with Crippen molar-refractivity contribution >= 4 is 33.3 Å². The first-order valence-corrected chi connectivity index (χ1v) is 10.0. The lowest BCUT2D eigenvalue weighted by Crippen LogP contribution is -2.47. The van der Waals surface area contributed by atoms with Crippen molar-refractivity contribution in [2.45, 2.75) is 38.3 Å². The number of rotatable bonds is 3. The van der Waals surface area contributed by atoms with Gasteiger partial charge in [-0.05, 0) is 66.7 Å². The van der Waals surface area contributed by atoms with E-state index in [0.29, 0.717) is 0 Å². The molecular weight excluding hydrogens is 392 g/mol. The molecule has 4 heteroatoms. The minimum Gasteiger partial charge on any atom is -0.352 e. The molecule has 25 heavy (non-hydrogen) atoms. The van der Waals surface area contributed by atoms with Crippen molar-refractivity contribution in [3.63, 3.8) is 0 Å². The molecule has 0 fully saturated rings. The van der Waals surface area contributed by atoms with Gasteiger partial charge in [-0.2, -0.15) is 0 Å². The molecule has 1 aliphatic carbocycles. The van der Waals surface area contributed by atoms with Crippen LogP contribution >= 0.6 is 28.1 Å². The zero-order chi connectivity index (χ0) is 17.2. The summed E-state index contributed by atoms with van der Waals surface area (Å²) in [6, 6.07) is 19.4. The van der Waals surface area contributed by atoms with Crippen molar-refractivity contribution < 1.29 is 0 Å². The normalized spacial score (nSPS) is 20.3. The van der Waals surface area contributed by atoms with Gasteiger partial charge in [0.25, 0.3) is 0 Å². The highest BCUT2D eigenvalue weighted by Crippen LogP contribution is 2.39. The summed E-state index contributed by atoms with van der Waals surface area (Å²) >= 11 is 9.30. The maximum Gasteiger partial charge on any atom is 0.174 e. The lowest BCUT2D eigenvalue weighted by atomic mass is 9.85. The van der Waals surface area contributed by atoms with Gasteiger partial charge in [-0.25, -0.2) is 0 Å². The molecule has 1 atom stereocenters. The van der Waals surface area contributed by atoms with Gasteiger partial charge in [0.15, 0.2) is 5.11 Å². The number of halogens is 1. The molecule has 0 unspecified atom stereocenters. The standard InChI is InChI=1S/C21H21BrN2S/c22-17-12-10-16(11-13-17)20-18-8-4-5-9-19(18)24(21(25)23-20)14-15-6-2-1-3-7-15/h1-3,6-7,10-13,20H,4-5,8-9,14H2,(H,23,25)/t20-/m0/s1. The Hall–Kier alpha value is -1.65. The van der Waals surface area contributed by atoms with E-state index in [-0.39, 0.29) is 6.04 Å². The molecule has 1 heterocycles. The average Bonchev–Trinajstić information content (AvgIpc) is 2.65. The molecule has 0 aromatic heterocycles. The van der Waals surface area contributed by atoms with Crippen LogP contribution in [-0.2, 0) is 6.54 Å². The zero-order valence-electron chi connectivity index (χ0n) is 14.0. The molecule has 0 saturated heterocycles. The van der Waals surface area contributed by atoms with Crippen LogP contribution < -0.4 is 5.32 Å². The van der Waals surface area contributed by atoms with Gasteiger partial charge >= 0.3 is 0 Å². The summed E-state index contributed by atoms with van der Waals surface area (Å²) in [5.41, 5.74) is 5.54. The number of hydrogen-bond acceptors (Lipinski definition) is 1. The van der Waals surface area contributed by atoms with Gasteiger partial charge in [-0.15, -0.1) is 0 Å². The van der Waals surface area contributed by atoms with E-state index in [1.54, 1.807) is 0 Å². The molecule has 0 amide bonds. The molecule has 1 N–H and O–H groups in total. The van der Waals surface area contributed by atoms with Crippen molar-refractivity contribution in [3.8, 4) is 0 Å². The van der Waals surface area contributed by atoms with E-state index in [1.807, 2.05) is 0 Å². The Morgan fingerprint density at radius 1 is 1.00 bits per heavy atom. The second-order valence-corrected chi connectivity index (χ2v) is 7.99. The lowest BCUT2D eigenvalue weighted by molar-refractivity contribution is 0.398. The molecule has 0 spiro atoms. The summed E-state index contributed by atoms with van der Waals surface area (Å²) in [6.45, 7) is 0.846. The number of thiocarbonyl (C=S) groups is 1. The summed E-state index contributed by atoms with van der Waals surface area (Å²) < 4.78 is 1.11. The van der Waals surface area contributed by atoms with Gasteiger partial charge in [0, 0.05) is 16.7 Å². The Bertz CT molecular complexity index is 798.